The molecule has 1 heterocycles. The fraction of sp³-hybridized carbons (Fsp3) is 0.500. The van der Waals surface area contributed by atoms with E-state index in [2.05, 4.69) is 29.1 Å². The van der Waals surface area contributed by atoms with Gasteiger partial charge >= 0.3 is 6.18 Å². The van der Waals surface area contributed by atoms with Gasteiger partial charge in [0.15, 0.2) is 0 Å². The molecular formula is C20H26F3N3O. The molecule has 0 atom stereocenters. The highest BCUT2D eigenvalue weighted by molar-refractivity contribution is 5.54. The number of nitrogens with zero attached hydrogens (tertiary/aromatic N) is 2. The van der Waals surface area contributed by atoms with Crippen molar-refractivity contribution in [1.82, 2.24) is 9.97 Å². The van der Waals surface area contributed by atoms with E-state index in [1.807, 2.05) is 31.2 Å². The quantitative estimate of drug-likeness (QED) is 0.541. The summed E-state index contributed by atoms with van der Waals surface area (Å²) in [5.74, 6) is 0.187. The summed E-state index contributed by atoms with van der Waals surface area (Å²) in [7, 11) is 0. The molecule has 27 heavy (non-hydrogen) atoms. The number of rotatable bonds is 9. The van der Waals surface area contributed by atoms with Crippen molar-refractivity contribution >= 4 is 11.6 Å². The maximum Gasteiger partial charge on any atom is 0.423 e. The van der Waals surface area contributed by atoms with E-state index in [1.54, 1.807) is 0 Å². The molecule has 0 aliphatic heterocycles. The number of unbranched alkanes of at least 4 members (excludes halogenated alkanes) is 2. The number of alkyl halides is 3. The number of hydrogen-bond donors (Lipinski definition) is 1. The van der Waals surface area contributed by atoms with Crippen LogP contribution in [-0.4, -0.2) is 16.6 Å². The van der Waals surface area contributed by atoms with Crippen LogP contribution in [0.1, 0.15) is 51.2 Å². The zero-order valence-corrected chi connectivity index (χ0v) is 15.9. The Hall–Kier alpha value is -2.31. The highest BCUT2D eigenvalue weighted by Crippen LogP contribution is 2.35. The first-order chi connectivity index (χ1) is 12.8. The van der Waals surface area contributed by atoms with Crippen molar-refractivity contribution in [3.8, 4) is 5.88 Å². The van der Waals surface area contributed by atoms with Crippen LogP contribution in [0.5, 0.6) is 5.88 Å². The Balaban J connectivity index is 2.14. The fourth-order valence-corrected chi connectivity index (χ4v) is 2.58. The van der Waals surface area contributed by atoms with Gasteiger partial charge in [-0.3, -0.25) is 0 Å². The molecule has 2 aromatic rings. The van der Waals surface area contributed by atoms with Gasteiger partial charge in [0.25, 0.3) is 0 Å². The molecule has 1 N–H and O–H groups in total. The smallest absolute Gasteiger partial charge is 0.423 e. The van der Waals surface area contributed by atoms with E-state index in [0.29, 0.717) is 18.0 Å². The van der Waals surface area contributed by atoms with Crippen LogP contribution in [0.25, 0.3) is 0 Å². The predicted octanol–water partition coefficient (Wildman–Crippen LogP) is 6.01. The molecule has 2 rings (SSSR count). The number of halogens is 3. The van der Waals surface area contributed by atoms with E-state index in [0.717, 1.165) is 25.5 Å². The summed E-state index contributed by atoms with van der Waals surface area (Å²) in [6.45, 7) is 6.49. The molecule has 0 aliphatic carbocycles. The van der Waals surface area contributed by atoms with Crippen molar-refractivity contribution in [1.29, 1.82) is 0 Å². The summed E-state index contributed by atoms with van der Waals surface area (Å²) in [4.78, 5) is 7.73. The van der Waals surface area contributed by atoms with Crippen molar-refractivity contribution in [2.24, 2.45) is 5.92 Å². The molecule has 0 bridgehead atoms. The lowest BCUT2D eigenvalue weighted by atomic mass is 10.0. The molecule has 0 unspecified atom stereocenters. The highest BCUT2D eigenvalue weighted by atomic mass is 19.4. The maximum absolute atomic E-state index is 13.2. The van der Waals surface area contributed by atoms with Crippen LogP contribution in [0.15, 0.2) is 30.5 Å². The number of hydrogen-bond acceptors (Lipinski definition) is 4. The lowest BCUT2D eigenvalue weighted by Crippen LogP contribution is -2.13. The Morgan fingerprint density at radius 1 is 1.11 bits per heavy atom. The maximum atomic E-state index is 13.2. The van der Waals surface area contributed by atoms with Crippen LogP contribution in [0.3, 0.4) is 0 Å². The van der Waals surface area contributed by atoms with Crippen molar-refractivity contribution < 1.29 is 17.9 Å². The predicted molar refractivity (Wildman–Crippen MR) is 100 cm³/mol. The second kappa shape index (κ2) is 9.58. The van der Waals surface area contributed by atoms with Crippen molar-refractivity contribution in [2.75, 3.05) is 11.9 Å². The lowest BCUT2D eigenvalue weighted by Gasteiger charge is -2.14. The minimum absolute atomic E-state index is 0.0742. The van der Waals surface area contributed by atoms with Crippen molar-refractivity contribution in [2.45, 2.75) is 52.6 Å². The SMILES string of the molecule is CCCCCOc1nc(Nc2ccc(CC(C)C)cc2)ncc1C(F)(F)F. The number of benzene rings is 1. The number of ether oxygens (including phenoxy) is 1. The molecule has 0 saturated heterocycles. The summed E-state index contributed by atoms with van der Waals surface area (Å²) >= 11 is 0. The summed E-state index contributed by atoms with van der Waals surface area (Å²) in [6, 6.07) is 7.68. The van der Waals surface area contributed by atoms with E-state index in [1.165, 1.54) is 5.56 Å². The average molecular weight is 381 g/mol. The largest absolute Gasteiger partial charge is 0.477 e. The summed E-state index contributed by atoms with van der Waals surface area (Å²) in [5, 5.41) is 2.94. The molecule has 0 saturated carbocycles. The van der Waals surface area contributed by atoms with Crippen LogP contribution in [-0.2, 0) is 12.6 Å². The van der Waals surface area contributed by atoms with E-state index < -0.39 is 17.6 Å². The first-order valence-corrected chi connectivity index (χ1v) is 9.22. The van der Waals surface area contributed by atoms with Crippen LogP contribution in [0, 0.1) is 5.92 Å². The van der Waals surface area contributed by atoms with E-state index in [-0.39, 0.29) is 12.6 Å². The molecule has 0 spiro atoms. The molecule has 0 radical (unpaired) electrons. The average Bonchev–Trinajstić information content (AvgIpc) is 2.59. The molecule has 1 aromatic carbocycles. The Labute approximate surface area is 158 Å². The Morgan fingerprint density at radius 3 is 2.41 bits per heavy atom. The fourth-order valence-electron chi connectivity index (χ4n) is 2.58. The van der Waals surface area contributed by atoms with Crippen molar-refractivity contribution in [3.05, 3.63) is 41.6 Å². The number of nitrogens with one attached hydrogen (secondary N) is 1. The van der Waals surface area contributed by atoms with E-state index in [9.17, 15) is 13.2 Å². The van der Waals surface area contributed by atoms with E-state index >= 15 is 0 Å². The summed E-state index contributed by atoms with van der Waals surface area (Å²) in [6.07, 6.45) is -0.307. The lowest BCUT2D eigenvalue weighted by molar-refractivity contribution is -0.139. The Kier molecular flexibility index (Phi) is 7.45. The first-order valence-electron chi connectivity index (χ1n) is 9.22. The number of aromatic nitrogens is 2. The minimum atomic E-state index is -4.56. The van der Waals surface area contributed by atoms with Crippen LogP contribution in [0.4, 0.5) is 24.8 Å². The molecule has 4 nitrogen and oxygen atoms in total. The second-order valence-electron chi connectivity index (χ2n) is 6.89. The zero-order chi connectivity index (χ0) is 19.9. The van der Waals surface area contributed by atoms with Gasteiger partial charge in [-0.2, -0.15) is 18.2 Å². The molecule has 0 aliphatic rings. The van der Waals surface area contributed by atoms with Gasteiger partial charge in [-0.15, -0.1) is 0 Å². The molecule has 0 fully saturated rings. The third-order valence-electron chi connectivity index (χ3n) is 3.90. The molecule has 148 valence electrons. The first kappa shape index (κ1) is 21.0. The summed E-state index contributed by atoms with van der Waals surface area (Å²) in [5.41, 5.74) is 0.944. The Bertz CT molecular complexity index is 715. The number of anilines is 2. The minimum Gasteiger partial charge on any atom is -0.477 e. The van der Waals surface area contributed by atoms with Gasteiger partial charge in [0.2, 0.25) is 11.8 Å². The third-order valence-corrected chi connectivity index (χ3v) is 3.90. The topological polar surface area (TPSA) is 47.0 Å². The molecule has 7 heteroatoms. The van der Waals surface area contributed by atoms with E-state index in [4.69, 9.17) is 4.74 Å². The van der Waals surface area contributed by atoms with Gasteiger partial charge in [0.05, 0.1) is 6.61 Å². The standard InChI is InChI=1S/C20H26F3N3O/c1-4-5-6-11-27-18-17(20(21,22)23)13-24-19(26-18)25-16-9-7-15(8-10-16)12-14(2)3/h7-10,13-14H,4-6,11-12H2,1-3H3,(H,24,25,26). The summed E-state index contributed by atoms with van der Waals surface area (Å²) < 4.78 is 44.7. The highest BCUT2D eigenvalue weighted by Gasteiger charge is 2.36. The molecule has 1 aromatic heterocycles. The van der Waals surface area contributed by atoms with Crippen LogP contribution in [0.2, 0.25) is 0 Å². The molecular weight excluding hydrogens is 355 g/mol. The third kappa shape index (κ3) is 6.73. The Morgan fingerprint density at radius 2 is 1.81 bits per heavy atom. The normalized spacial score (nSPS) is 11.7. The van der Waals surface area contributed by atoms with Gasteiger partial charge in [-0.25, -0.2) is 4.98 Å². The van der Waals surface area contributed by atoms with Crippen molar-refractivity contribution in [3.63, 3.8) is 0 Å². The molecule has 0 amide bonds. The van der Waals surface area contributed by atoms with Gasteiger partial charge in [0.1, 0.15) is 5.56 Å². The monoisotopic (exact) mass is 381 g/mol. The van der Waals surface area contributed by atoms with Gasteiger partial charge < -0.3 is 10.1 Å². The van der Waals surface area contributed by atoms with Gasteiger partial charge in [-0.1, -0.05) is 45.7 Å². The van der Waals surface area contributed by atoms with Crippen LogP contribution < -0.4 is 10.1 Å². The van der Waals surface area contributed by atoms with Crippen LogP contribution >= 0.6 is 0 Å². The second-order valence-corrected chi connectivity index (χ2v) is 6.89. The van der Waals surface area contributed by atoms with Gasteiger partial charge in [0, 0.05) is 11.9 Å². The van der Waals surface area contributed by atoms with Gasteiger partial charge in [-0.05, 0) is 36.5 Å². The zero-order valence-electron chi connectivity index (χ0n) is 15.9.